The summed E-state index contributed by atoms with van der Waals surface area (Å²) in [4.78, 5) is 54.3. The largest absolute Gasteiger partial charge is 0.472 e. The number of aliphatic hydroxyl groups excluding tert-OH is 4. The van der Waals surface area contributed by atoms with Crippen LogP contribution in [0.4, 0.5) is 0 Å². The van der Waals surface area contributed by atoms with Gasteiger partial charge in [-0.05, 0) is 70.6 Å². The first kappa shape index (κ1) is 58.0. The molecule has 0 radical (unpaired) electrons. The molecule has 1 saturated heterocycles. The molecule has 1 aliphatic heterocycles. The Labute approximate surface area is 380 Å². The van der Waals surface area contributed by atoms with Crippen LogP contribution in [0.3, 0.4) is 0 Å². The highest BCUT2D eigenvalue weighted by molar-refractivity contribution is 7.47. The van der Waals surface area contributed by atoms with Gasteiger partial charge in [-0.25, -0.2) is 9.13 Å². The van der Waals surface area contributed by atoms with Gasteiger partial charge in [-0.15, -0.1) is 0 Å². The van der Waals surface area contributed by atoms with Gasteiger partial charge in [-0.2, -0.15) is 0 Å². The van der Waals surface area contributed by atoms with E-state index < -0.39 is 83.5 Å². The minimum atomic E-state index is -5.37. The van der Waals surface area contributed by atoms with Crippen molar-refractivity contribution in [2.75, 3.05) is 13.2 Å². The number of epoxide rings is 1. The van der Waals surface area contributed by atoms with E-state index in [0.29, 0.717) is 25.0 Å². The third-order valence-electron chi connectivity index (χ3n) is 10.8. The first-order chi connectivity index (χ1) is 30.6. The predicted octanol–water partition coefficient (Wildman–Crippen LogP) is 7.49. The Morgan fingerprint density at radius 2 is 1.14 bits per heavy atom. The molecule has 7 N–H and O–H groups in total. The van der Waals surface area contributed by atoms with Gasteiger partial charge < -0.3 is 49.3 Å². The van der Waals surface area contributed by atoms with Crippen LogP contribution < -0.4 is 0 Å². The molecule has 1 heterocycles. The maximum Gasteiger partial charge on any atom is 0.472 e. The average Bonchev–Trinajstić information content (AvgIpc) is 4.00. The summed E-state index contributed by atoms with van der Waals surface area (Å²) in [7, 11) is -10.7. The molecule has 1 saturated carbocycles. The van der Waals surface area contributed by atoms with Crippen LogP contribution in [0.15, 0.2) is 48.6 Å². The highest BCUT2D eigenvalue weighted by atomic mass is 31.2. The summed E-state index contributed by atoms with van der Waals surface area (Å²) in [6, 6.07) is 0. The first-order valence-corrected chi connectivity index (χ1v) is 26.3. The minimum absolute atomic E-state index is 0.0177. The van der Waals surface area contributed by atoms with Crippen molar-refractivity contribution in [3.63, 3.8) is 0 Å². The van der Waals surface area contributed by atoms with Gasteiger partial charge in [0.15, 0.2) is 6.10 Å². The lowest BCUT2D eigenvalue weighted by Gasteiger charge is -2.43. The molecule has 19 heteroatoms. The van der Waals surface area contributed by atoms with Gasteiger partial charge in [0, 0.05) is 12.8 Å². The van der Waals surface area contributed by atoms with Crippen molar-refractivity contribution in [3.05, 3.63) is 48.6 Å². The van der Waals surface area contributed by atoms with Crippen LogP contribution in [-0.4, -0.2) is 115 Å². The molecule has 10 atom stereocenters. The van der Waals surface area contributed by atoms with Crippen molar-refractivity contribution in [1.29, 1.82) is 0 Å². The molecule has 370 valence electrons. The van der Waals surface area contributed by atoms with E-state index in [1.54, 1.807) is 0 Å². The van der Waals surface area contributed by atoms with Gasteiger partial charge in [-0.1, -0.05) is 120 Å². The molecule has 2 fully saturated rings. The normalized spacial score (nSPS) is 25.4. The molecule has 2 rings (SSSR count). The number of allylic oxidation sites excluding steroid dienone is 7. The number of aliphatic hydroxyl groups is 4. The number of hydrogen-bond acceptors (Lipinski definition) is 14. The lowest BCUT2D eigenvalue weighted by molar-refractivity contribution is -0.216. The second kappa shape index (κ2) is 33.4. The van der Waals surface area contributed by atoms with E-state index in [1.165, 1.54) is 19.3 Å². The monoisotopic (exact) mass is 952 g/mol. The van der Waals surface area contributed by atoms with E-state index in [1.807, 2.05) is 0 Å². The van der Waals surface area contributed by atoms with Crippen molar-refractivity contribution in [2.24, 2.45) is 0 Å². The highest BCUT2D eigenvalue weighted by Gasteiger charge is 2.54. The van der Waals surface area contributed by atoms with Crippen LogP contribution in [0.5, 0.6) is 0 Å². The van der Waals surface area contributed by atoms with Crippen LogP contribution >= 0.6 is 15.6 Å². The standard InChI is InChI=1S/C45H78O17P2/c1-3-5-7-8-9-10-11-12-13-14-15-16-20-23-27-31-38(46)57-33-35(34-58-64(55,56)62-45-42(50)40(48)41(49)44(43(45)51)61-63(52,53)54)59-39(47)32-28-24-21-18-17-19-22-26-30-37-36(60-37)29-25-6-4-2/h5,7,9-10,12-13,22,26,35-37,40-45,48-51H,3-4,6,8,11,14-21,23-25,27-34H2,1-2H3,(H,55,56)(H2,52,53,54)/b7-5-,10-9-,13-12-,26-22-/t35-,36?,37?,40?,41?,42?,43?,44-,45+/m1/s1. The van der Waals surface area contributed by atoms with Crippen LogP contribution in [0.2, 0.25) is 0 Å². The number of carbonyl (C=O) groups is 2. The molecule has 7 unspecified atom stereocenters. The summed E-state index contributed by atoms with van der Waals surface area (Å²) in [6.45, 7) is 2.93. The Morgan fingerprint density at radius 3 is 1.75 bits per heavy atom. The Kier molecular flexibility index (Phi) is 30.3. The summed E-state index contributed by atoms with van der Waals surface area (Å²) >= 11 is 0. The molecule has 0 aromatic heterocycles. The zero-order valence-electron chi connectivity index (χ0n) is 37.9. The summed E-state index contributed by atoms with van der Waals surface area (Å²) in [5.74, 6) is -1.25. The molecule has 0 aromatic rings. The van der Waals surface area contributed by atoms with E-state index in [9.17, 15) is 53.8 Å². The SMILES string of the molecule is CC/C=C\C/C=C\C/C=C\CCCCCCCC(=O)OC[C@H](COP(=O)(O)O[C@H]1C(O)C(O)C(O)[C@@H](OP(=O)(O)O)C1O)OC(=O)CCCCCCC/C=C\CC1OC1CCCCC. The van der Waals surface area contributed by atoms with Crippen LogP contribution in [0.25, 0.3) is 0 Å². The molecule has 1 aliphatic carbocycles. The lowest BCUT2D eigenvalue weighted by Crippen LogP contribution is -2.64. The molecule has 0 amide bonds. The van der Waals surface area contributed by atoms with Crippen molar-refractivity contribution >= 4 is 27.6 Å². The fourth-order valence-corrected chi connectivity index (χ4v) is 8.64. The Hall–Kier alpha value is -2.08. The van der Waals surface area contributed by atoms with Gasteiger partial charge >= 0.3 is 27.6 Å². The van der Waals surface area contributed by atoms with E-state index in [0.717, 1.165) is 96.3 Å². The quantitative estimate of drug-likeness (QED) is 0.0104. The average molecular weight is 953 g/mol. The summed E-state index contributed by atoms with van der Waals surface area (Å²) in [5, 5.41) is 41.2. The number of rotatable bonds is 37. The highest BCUT2D eigenvalue weighted by Crippen LogP contribution is 2.49. The number of esters is 2. The zero-order valence-corrected chi connectivity index (χ0v) is 39.7. The Bertz CT molecular complexity index is 1500. The fourth-order valence-electron chi connectivity index (χ4n) is 7.10. The zero-order chi connectivity index (χ0) is 47.2. The maximum atomic E-state index is 13.0. The smallest absolute Gasteiger partial charge is 0.462 e. The van der Waals surface area contributed by atoms with Gasteiger partial charge in [0.2, 0.25) is 0 Å². The van der Waals surface area contributed by atoms with E-state index in [2.05, 4.69) is 67.0 Å². The van der Waals surface area contributed by atoms with Gasteiger partial charge in [0.1, 0.15) is 43.2 Å². The first-order valence-electron chi connectivity index (χ1n) is 23.3. The molecule has 0 bridgehead atoms. The van der Waals surface area contributed by atoms with Crippen molar-refractivity contribution in [3.8, 4) is 0 Å². The molecular formula is C45H78O17P2. The topological polar surface area (TPSA) is 269 Å². The molecule has 17 nitrogen and oxygen atoms in total. The second-order valence-electron chi connectivity index (χ2n) is 16.5. The van der Waals surface area contributed by atoms with Gasteiger partial charge in [-0.3, -0.25) is 23.2 Å². The Morgan fingerprint density at radius 1 is 0.594 bits per heavy atom. The number of ether oxygens (including phenoxy) is 3. The second-order valence-corrected chi connectivity index (χ2v) is 19.1. The summed E-state index contributed by atoms with van der Waals surface area (Å²) in [6.07, 6.45) is 22.4. The van der Waals surface area contributed by atoms with E-state index in [-0.39, 0.29) is 12.8 Å². The third-order valence-corrected chi connectivity index (χ3v) is 12.3. The fraction of sp³-hybridized carbons (Fsp3) is 0.778. The minimum Gasteiger partial charge on any atom is -0.462 e. The van der Waals surface area contributed by atoms with Crippen molar-refractivity contribution in [2.45, 2.75) is 210 Å². The maximum absolute atomic E-state index is 13.0. The summed E-state index contributed by atoms with van der Waals surface area (Å²) < 4.78 is 55.1. The molecule has 0 aromatic carbocycles. The van der Waals surface area contributed by atoms with Gasteiger partial charge in [0.25, 0.3) is 0 Å². The van der Waals surface area contributed by atoms with Gasteiger partial charge in [0.05, 0.1) is 18.8 Å². The Balaban J connectivity index is 1.81. The van der Waals surface area contributed by atoms with Crippen LogP contribution in [0.1, 0.15) is 155 Å². The summed E-state index contributed by atoms with van der Waals surface area (Å²) in [5.41, 5.74) is 0. The predicted molar refractivity (Wildman–Crippen MR) is 241 cm³/mol. The van der Waals surface area contributed by atoms with Crippen LogP contribution in [0, 0.1) is 0 Å². The number of phosphoric acid groups is 2. The number of hydrogen-bond donors (Lipinski definition) is 7. The van der Waals surface area contributed by atoms with Crippen molar-refractivity contribution in [1.82, 2.24) is 0 Å². The molecule has 0 spiro atoms. The van der Waals surface area contributed by atoms with E-state index in [4.69, 9.17) is 23.3 Å². The molecular weight excluding hydrogens is 874 g/mol. The molecule has 2 aliphatic rings. The number of unbranched alkanes of at least 4 members (excludes halogenated alkanes) is 12. The lowest BCUT2D eigenvalue weighted by atomic mass is 9.85. The number of phosphoric ester groups is 2. The van der Waals surface area contributed by atoms with Crippen LogP contribution in [-0.2, 0) is 46.5 Å². The molecule has 64 heavy (non-hydrogen) atoms. The third kappa shape index (κ3) is 26.9. The van der Waals surface area contributed by atoms with E-state index >= 15 is 0 Å². The number of carbonyl (C=O) groups excluding carboxylic acids is 2. The van der Waals surface area contributed by atoms with Crippen molar-refractivity contribution < 1.29 is 81.6 Å².